The molecular weight excluding hydrogens is 408 g/mol. The van der Waals surface area contributed by atoms with Crippen molar-refractivity contribution >= 4 is 34.1 Å². The molecule has 1 heterocycles. The molecule has 1 aliphatic heterocycles. The summed E-state index contributed by atoms with van der Waals surface area (Å²) in [6.07, 6.45) is 0. The van der Waals surface area contributed by atoms with Crippen LogP contribution in [0.1, 0.15) is 24.1 Å². The second kappa shape index (κ2) is 8.78. The average molecular weight is 433 g/mol. The highest BCUT2D eigenvalue weighted by Crippen LogP contribution is 2.40. The Hall–Kier alpha value is -3.38. The van der Waals surface area contributed by atoms with Crippen molar-refractivity contribution in [2.75, 3.05) is 14.2 Å². The Kier molecular flexibility index (Phi) is 5.91. The third kappa shape index (κ3) is 3.99. The fraction of sp³-hybridized carbons (Fsp3) is 0.200. The summed E-state index contributed by atoms with van der Waals surface area (Å²) >= 11 is 5.55. The molecule has 0 saturated heterocycles. The van der Waals surface area contributed by atoms with Crippen molar-refractivity contribution in [1.82, 2.24) is 10.2 Å². The molecule has 31 heavy (non-hydrogen) atoms. The number of carbonyl (C=O) groups excluding carboxylic acids is 1. The molecule has 3 aromatic rings. The predicted molar refractivity (Wildman–Crippen MR) is 126 cm³/mol. The van der Waals surface area contributed by atoms with E-state index in [2.05, 4.69) is 5.32 Å². The van der Waals surface area contributed by atoms with Crippen LogP contribution in [0.5, 0.6) is 5.75 Å². The molecule has 4 rings (SSSR count). The first-order valence-electron chi connectivity index (χ1n) is 10.0. The summed E-state index contributed by atoms with van der Waals surface area (Å²) in [7, 11) is 3.22. The van der Waals surface area contributed by atoms with Gasteiger partial charge in [0.2, 0.25) is 0 Å². The molecule has 0 bridgehead atoms. The maximum absolute atomic E-state index is 12.8. The number of hydrogen-bond donors (Lipinski definition) is 1. The summed E-state index contributed by atoms with van der Waals surface area (Å²) in [4.78, 5) is 14.6. The lowest BCUT2D eigenvalue weighted by Crippen LogP contribution is -2.46. The number of fused-ring (bicyclic) bond motifs is 1. The highest BCUT2D eigenvalue weighted by molar-refractivity contribution is 7.80. The van der Waals surface area contributed by atoms with Gasteiger partial charge in [0.25, 0.3) is 0 Å². The number of rotatable bonds is 5. The fourth-order valence-corrected chi connectivity index (χ4v) is 4.12. The molecule has 0 aliphatic carbocycles. The normalized spacial score (nSPS) is 16.3. The SMILES string of the molecule is COC(=O)C1=C(C)N(C)C(=S)N[C@H]1c1c(OCc2ccccc2)ccc2ccccc12. The summed E-state index contributed by atoms with van der Waals surface area (Å²) in [5, 5.41) is 5.91. The molecule has 0 fully saturated rings. The monoisotopic (exact) mass is 432 g/mol. The van der Waals surface area contributed by atoms with Crippen LogP contribution in [0.25, 0.3) is 10.8 Å². The van der Waals surface area contributed by atoms with Crippen molar-refractivity contribution in [3.8, 4) is 5.75 Å². The zero-order chi connectivity index (χ0) is 22.0. The Morgan fingerprint density at radius 3 is 2.52 bits per heavy atom. The number of carbonyl (C=O) groups is 1. The molecule has 0 amide bonds. The number of nitrogens with zero attached hydrogens (tertiary/aromatic N) is 1. The van der Waals surface area contributed by atoms with Gasteiger partial charge in [0.05, 0.1) is 18.7 Å². The average Bonchev–Trinajstić information content (AvgIpc) is 2.80. The van der Waals surface area contributed by atoms with Gasteiger partial charge >= 0.3 is 5.97 Å². The maximum Gasteiger partial charge on any atom is 0.337 e. The van der Waals surface area contributed by atoms with Gasteiger partial charge in [-0.25, -0.2) is 4.79 Å². The van der Waals surface area contributed by atoms with E-state index in [0.29, 0.717) is 23.0 Å². The molecule has 0 unspecified atom stereocenters. The molecule has 1 N–H and O–H groups in total. The molecule has 1 atom stereocenters. The first kappa shape index (κ1) is 20.9. The Labute approximate surface area is 187 Å². The molecule has 0 radical (unpaired) electrons. The number of ether oxygens (including phenoxy) is 2. The number of thiocarbonyl (C=S) groups is 1. The van der Waals surface area contributed by atoms with Gasteiger partial charge in [-0.3, -0.25) is 0 Å². The zero-order valence-electron chi connectivity index (χ0n) is 17.7. The minimum Gasteiger partial charge on any atom is -0.489 e. The molecule has 0 spiro atoms. The Balaban J connectivity index is 1.87. The van der Waals surface area contributed by atoms with Crippen molar-refractivity contribution in [1.29, 1.82) is 0 Å². The quantitative estimate of drug-likeness (QED) is 0.465. The zero-order valence-corrected chi connectivity index (χ0v) is 18.5. The smallest absolute Gasteiger partial charge is 0.337 e. The topological polar surface area (TPSA) is 50.8 Å². The lowest BCUT2D eigenvalue weighted by molar-refractivity contribution is -0.136. The summed E-state index contributed by atoms with van der Waals surface area (Å²) in [5.41, 5.74) is 3.19. The van der Waals surface area contributed by atoms with Crippen molar-refractivity contribution in [3.05, 3.63) is 89.1 Å². The van der Waals surface area contributed by atoms with Crippen LogP contribution >= 0.6 is 12.2 Å². The van der Waals surface area contributed by atoms with Crippen LogP contribution in [-0.4, -0.2) is 30.1 Å². The van der Waals surface area contributed by atoms with Gasteiger partial charge in [-0.15, -0.1) is 0 Å². The largest absolute Gasteiger partial charge is 0.489 e. The van der Waals surface area contributed by atoms with Gasteiger partial charge in [-0.05, 0) is 41.5 Å². The van der Waals surface area contributed by atoms with Crippen LogP contribution < -0.4 is 10.1 Å². The molecule has 1 aliphatic rings. The second-order valence-corrected chi connectivity index (χ2v) is 7.79. The van der Waals surface area contributed by atoms with Gasteiger partial charge in [-0.1, -0.05) is 60.7 Å². The van der Waals surface area contributed by atoms with Gasteiger partial charge in [0.15, 0.2) is 5.11 Å². The van der Waals surface area contributed by atoms with Crippen molar-refractivity contribution in [3.63, 3.8) is 0 Å². The summed E-state index contributed by atoms with van der Waals surface area (Å²) in [6, 6.07) is 21.5. The third-order valence-corrected chi connectivity index (χ3v) is 6.01. The summed E-state index contributed by atoms with van der Waals surface area (Å²) in [5.74, 6) is 0.299. The fourth-order valence-electron chi connectivity index (χ4n) is 3.86. The number of hydrogen-bond acceptors (Lipinski definition) is 4. The van der Waals surface area contributed by atoms with Gasteiger partial charge in [0.1, 0.15) is 12.4 Å². The summed E-state index contributed by atoms with van der Waals surface area (Å²) in [6.45, 7) is 2.29. The van der Waals surface area contributed by atoms with E-state index < -0.39 is 12.0 Å². The highest BCUT2D eigenvalue weighted by Gasteiger charge is 2.35. The van der Waals surface area contributed by atoms with Gasteiger partial charge in [0, 0.05) is 18.3 Å². The van der Waals surface area contributed by atoms with E-state index in [-0.39, 0.29) is 0 Å². The van der Waals surface area contributed by atoms with Crippen molar-refractivity contribution in [2.45, 2.75) is 19.6 Å². The predicted octanol–water partition coefficient (Wildman–Crippen LogP) is 4.73. The molecule has 5 nitrogen and oxygen atoms in total. The van der Waals surface area contributed by atoms with E-state index in [1.54, 1.807) is 4.90 Å². The van der Waals surface area contributed by atoms with Crippen LogP contribution in [0.4, 0.5) is 0 Å². The number of nitrogens with one attached hydrogen (secondary N) is 1. The van der Waals surface area contributed by atoms with Crippen LogP contribution in [0, 0.1) is 0 Å². The molecular formula is C25H24N2O3S. The first-order valence-corrected chi connectivity index (χ1v) is 10.4. The Morgan fingerprint density at radius 1 is 1.06 bits per heavy atom. The van der Waals surface area contributed by atoms with Crippen LogP contribution in [0.2, 0.25) is 0 Å². The Morgan fingerprint density at radius 2 is 1.77 bits per heavy atom. The number of methoxy groups -OCH3 is 1. The van der Waals surface area contributed by atoms with Crippen LogP contribution in [0.3, 0.4) is 0 Å². The van der Waals surface area contributed by atoms with E-state index >= 15 is 0 Å². The molecule has 6 heteroatoms. The van der Waals surface area contributed by atoms with E-state index in [1.165, 1.54) is 7.11 Å². The van der Waals surface area contributed by atoms with Crippen molar-refractivity contribution in [2.24, 2.45) is 0 Å². The number of esters is 1. The van der Waals surface area contributed by atoms with E-state index in [9.17, 15) is 4.79 Å². The second-order valence-electron chi connectivity index (χ2n) is 7.40. The van der Waals surface area contributed by atoms with Crippen molar-refractivity contribution < 1.29 is 14.3 Å². The minimum absolute atomic E-state index is 0.397. The molecule has 3 aromatic carbocycles. The third-order valence-electron chi connectivity index (χ3n) is 5.62. The van der Waals surface area contributed by atoms with E-state index in [1.807, 2.05) is 80.7 Å². The lowest BCUT2D eigenvalue weighted by atomic mass is 9.90. The van der Waals surface area contributed by atoms with Gasteiger partial charge in [-0.2, -0.15) is 0 Å². The van der Waals surface area contributed by atoms with Gasteiger partial charge < -0.3 is 19.7 Å². The molecule has 0 saturated carbocycles. The number of allylic oxidation sites excluding steroid dienone is 1. The number of benzene rings is 3. The minimum atomic E-state index is -0.493. The summed E-state index contributed by atoms with van der Waals surface area (Å²) < 4.78 is 11.4. The Bertz CT molecular complexity index is 1170. The van der Waals surface area contributed by atoms with E-state index in [0.717, 1.165) is 27.6 Å². The molecule has 0 aromatic heterocycles. The van der Waals surface area contributed by atoms with E-state index in [4.69, 9.17) is 21.7 Å². The molecule has 158 valence electrons. The van der Waals surface area contributed by atoms with Crippen LogP contribution in [-0.2, 0) is 16.1 Å². The standard InChI is InChI=1S/C25H24N2O3S/c1-16-21(24(28)29-3)23(26-25(31)27(16)2)22-19-12-8-7-11-18(19)13-14-20(22)30-15-17-9-5-4-6-10-17/h4-14,23H,15H2,1-3H3,(H,26,31)/t23-/m1/s1. The maximum atomic E-state index is 12.8. The first-order chi connectivity index (χ1) is 15.0. The van der Waals surface area contributed by atoms with Crippen LogP contribution in [0.15, 0.2) is 78.0 Å². The highest BCUT2D eigenvalue weighted by atomic mass is 32.1. The lowest BCUT2D eigenvalue weighted by Gasteiger charge is -2.36.